The maximum Gasteiger partial charge on any atom is 0.124 e. The van der Waals surface area contributed by atoms with Gasteiger partial charge in [-0.2, -0.15) is 0 Å². The first kappa shape index (κ1) is 15.4. The largest absolute Gasteiger partial charge is 0.310 e. The van der Waals surface area contributed by atoms with Crippen LogP contribution in [0, 0.1) is 9.39 Å². The van der Waals surface area contributed by atoms with Crippen molar-refractivity contribution in [3.8, 4) is 0 Å². The number of nitrogens with one attached hydrogen (secondary N) is 1. The molecule has 1 unspecified atom stereocenters. The lowest BCUT2D eigenvalue weighted by Crippen LogP contribution is -2.25. The van der Waals surface area contributed by atoms with Crippen LogP contribution in [0.3, 0.4) is 0 Å². The van der Waals surface area contributed by atoms with Crippen LogP contribution in [0.25, 0.3) is 0 Å². The molecule has 0 saturated heterocycles. The van der Waals surface area contributed by atoms with Gasteiger partial charge < -0.3 is 5.32 Å². The molecule has 0 fully saturated rings. The van der Waals surface area contributed by atoms with E-state index < -0.39 is 0 Å². The molecule has 2 rings (SSSR count). The Morgan fingerprint density at radius 2 is 2.20 bits per heavy atom. The highest BCUT2D eigenvalue weighted by Crippen LogP contribution is 2.24. The summed E-state index contributed by atoms with van der Waals surface area (Å²) in [6, 6.07) is 9.19. The molecule has 20 heavy (non-hydrogen) atoms. The molecule has 1 aromatic heterocycles. The lowest BCUT2D eigenvalue weighted by Gasteiger charge is -2.20. The van der Waals surface area contributed by atoms with E-state index in [1.165, 1.54) is 11.6 Å². The van der Waals surface area contributed by atoms with Gasteiger partial charge in [0.15, 0.2) is 0 Å². The highest BCUT2D eigenvalue weighted by atomic mass is 127. The second-order valence-electron chi connectivity index (χ2n) is 4.74. The average molecular weight is 384 g/mol. The van der Waals surface area contributed by atoms with Crippen molar-refractivity contribution in [2.24, 2.45) is 0 Å². The van der Waals surface area contributed by atoms with Gasteiger partial charge in [-0.1, -0.05) is 19.1 Å². The standard InChI is InChI=1S/C16H18FIN2/c1-2-7-20-16(9-12-4-3-8-19-11-12)14-6-5-13(17)10-15(14)18/h3-6,8,10-11,16,20H,2,7,9H2,1H3. The zero-order valence-electron chi connectivity index (χ0n) is 11.4. The van der Waals surface area contributed by atoms with Gasteiger partial charge in [0.2, 0.25) is 0 Å². The summed E-state index contributed by atoms with van der Waals surface area (Å²) in [4.78, 5) is 4.16. The summed E-state index contributed by atoms with van der Waals surface area (Å²) in [6.45, 7) is 3.09. The Hall–Kier alpha value is -1.01. The number of aromatic nitrogens is 1. The van der Waals surface area contributed by atoms with Gasteiger partial charge in [0.25, 0.3) is 0 Å². The van der Waals surface area contributed by atoms with Gasteiger partial charge >= 0.3 is 0 Å². The predicted molar refractivity (Wildman–Crippen MR) is 88.1 cm³/mol. The third-order valence-electron chi connectivity index (χ3n) is 3.14. The molecular formula is C16H18FIN2. The Morgan fingerprint density at radius 1 is 1.35 bits per heavy atom. The van der Waals surface area contributed by atoms with Crippen molar-refractivity contribution in [3.05, 3.63) is 63.2 Å². The summed E-state index contributed by atoms with van der Waals surface area (Å²) in [5, 5.41) is 3.54. The van der Waals surface area contributed by atoms with E-state index in [-0.39, 0.29) is 11.9 Å². The van der Waals surface area contributed by atoms with Gasteiger partial charge in [-0.15, -0.1) is 0 Å². The number of hydrogen-bond acceptors (Lipinski definition) is 2. The van der Waals surface area contributed by atoms with Crippen LogP contribution in [0.2, 0.25) is 0 Å². The molecule has 1 heterocycles. The van der Waals surface area contributed by atoms with Crippen LogP contribution >= 0.6 is 22.6 Å². The quantitative estimate of drug-likeness (QED) is 0.759. The van der Waals surface area contributed by atoms with E-state index in [4.69, 9.17) is 0 Å². The van der Waals surface area contributed by atoms with Crippen molar-refractivity contribution in [2.45, 2.75) is 25.8 Å². The molecule has 0 bridgehead atoms. The number of rotatable bonds is 6. The number of benzene rings is 1. The van der Waals surface area contributed by atoms with Gasteiger partial charge in [0, 0.05) is 22.0 Å². The zero-order chi connectivity index (χ0) is 14.4. The van der Waals surface area contributed by atoms with Gasteiger partial charge in [-0.05, 0) is 71.3 Å². The summed E-state index contributed by atoms with van der Waals surface area (Å²) in [5.74, 6) is -0.186. The fourth-order valence-electron chi connectivity index (χ4n) is 2.15. The second kappa shape index (κ2) is 7.69. The molecule has 0 aliphatic heterocycles. The summed E-state index contributed by atoms with van der Waals surface area (Å²) < 4.78 is 14.2. The highest BCUT2D eigenvalue weighted by Gasteiger charge is 2.15. The van der Waals surface area contributed by atoms with Crippen LogP contribution < -0.4 is 5.32 Å². The molecular weight excluding hydrogens is 366 g/mol. The first-order valence-corrected chi connectivity index (χ1v) is 7.85. The van der Waals surface area contributed by atoms with E-state index in [0.29, 0.717) is 0 Å². The monoisotopic (exact) mass is 384 g/mol. The van der Waals surface area contributed by atoms with E-state index in [9.17, 15) is 4.39 Å². The maximum atomic E-state index is 13.3. The molecule has 4 heteroatoms. The van der Waals surface area contributed by atoms with E-state index in [1.54, 1.807) is 12.3 Å². The fraction of sp³-hybridized carbons (Fsp3) is 0.312. The van der Waals surface area contributed by atoms with Crippen molar-refractivity contribution in [2.75, 3.05) is 6.54 Å². The van der Waals surface area contributed by atoms with Crippen molar-refractivity contribution < 1.29 is 4.39 Å². The first-order chi connectivity index (χ1) is 9.70. The highest BCUT2D eigenvalue weighted by molar-refractivity contribution is 14.1. The SMILES string of the molecule is CCCNC(Cc1cccnc1)c1ccc(F)cc1I. The van der Waals surface area contributed by atoms with Gasteiger partial charge in [-0.3, -0.25) is 4.98 Å². The Morgan fingerprint density at radius 3 is 2.85 bits per heavy atom. The average Bonchev–Trinajstić information content (AvgIpc) is 2.45. The van der Waals surface area contributed by atoms with Crippen LogP contribution in [0.5, 0.6) is 0 Å². The molecule has 0 amide bonds. The molecule has 1 N–H and O–H groups in total. The Balaban J connectivity index is 2.22. The summed E-state index contributed by atoms with van der Waals surface area (Å²) >= 11 is 2.20. The third-order valence-corrected chi connectivity index (χ3v) is 4.08. The van der Waals surface area contributed by atoms with Crippen molar-refractivity contribution in [1.29, 1.82) is 0 Å². The van der Waals surface area contributed by atoms with E-state index in [2.05, 4.69) is 45.9 Å². The zero-order valence-corrected chi connectivity index (χ0v) is 13.6. The van der Waals surface area contributed by atoms with Crippen molar-refractivity contribution in [1.82, 2.24) is 10.3 Å². The van der Waals surface area contributed by atoms with Gasteiger partial charge in [0.1, 0.15) is 5.82 Å². The van der Waals surface area contributed by atoms with Gasteiger partial charge in [-0.25, -0.2) is 4.39 Å². The molecule has 1 atom stereocenters. The Kier molecular flexibility index (Phi) is 5.91. The number of hydrogen-bond donors (Lipinski definition) is 1. The molecule has 2 nitrogen and oxygen atoms in total. The van der Waals surface area contributed by atoms with E-state index >= 15 is 0 Å². The summed E-state index contributed by atoms with van der Waals surface area (Å²) in [7, 11) is 0. The molecule has 0 radical (unpaired) electrons. The lowest BCUT2D eigenvalue weighted by atomic mass is 9.99. The first-order valence-electron chi connectivity index (χ1n) is 6.78. The summed E-state index contributed by atoms with van der Waals surface area (Å²) in [5.41, 5.74) is 2.32. The molecule has 0 saturated carbocycles. The summed E-state index contributed by atoms with van der Waals surface area (Å²) in [6.07, 6.45) is 5.59. The smallest absolute Gasteiger partial charge is 0.124 e. The van der Waals surface area contributed by atoms with Crippen LogP contribution in [-0.2, 0) is 6.42 Å². The number of halogens is 2. The lowest BCUT2D eigenvalue weighted by molar-refractivity contribution is 0.525. The van der Waals surface area contributed by atoms with Crippen molar-refractivity contribution >= 4 is 22.6 Å². The Labute approximate surface area is 133 Å². The fourth-order valence-corrected chi connectivity index (χ4v) is 3.00. The van der Waals surface area contributed by atoms with E-state index in [1.807, 2.05) is 18.3 Å². The molecule has 0 aliphatic carbocycles. The molecule has 1 aromatic carbocycles. The Bertz CT molecular complexity index is 545. The number of pyridine rings is 1. The van der Waals surface area contributed by atoms with Crippen LogP contribution in [0.1, 0.15) is 30.5 Å². The predicted octanol–water partition coefficient (Wildman–Crippen LogP) is 4.11. The molecule has 0 aliphatic rings. The number of nitrogens with zero attached hydrogens (tertiary/aromatic N) is 1. The van der Waals surface area contributed by atoms with Crippen molar-refractivity contribution in [3.63, 3.8) is 0 Å². The normalized spacial score (nSPS) is 12.3. The third kappa shape index (κ3) is 4.24. The topological polar surface area (TPSA) is 24.9 Å². The molecule has 106 valence electrons. The minimum atomic E-state index is -0.186. The minimum Gasteiger partial charge on any atom is -0.310 e. The van der Waals surface area contributed by atoms with Crippen LogP contribution in [0.15, 0.2) is 42.7 Å². The molecule has 0 spiro atoms. The minimum absolute atomic E-state index is 0.186. The van der Waals surface area contributed by atoms with Crippen LogP contribution in [-0.4, -0.2) is 11.5 Å². The molecule has 2 aromatic rings. The van der Waals surface area contributed by atoms with Crippen LogP contribution in [0.4, 0.5) is 4.39 Å². The maximum absolute atomic E-state index is 13.3. The van der Waals surface area contributed by atoms with E-state index in [0.717, 1.165) is 28.5 Å². The van der Waals surface area contributed by atoms with Gasteiger partial charge in [0.05, 0.1) is 0 Å². The second-order valence-corrected chi connectivity index (χ2v) is 5.90.